The first-order chi connectivity index (χ1) is 10.4. The second-order valence-corrected chi connectivity index (χ2v) is 6.99. The summed E-state index contributed by atoms with van der Waals surface area (Å²) in [5.74, 6) is 0.826. The Morgan fingerprint density at radius 3 is 2.82 bits per heavy atom. The third kappa shape index (κ3) is 4.63. The lowest BCUT2D eigenvalue weighted by Crippen LogP contribution is -2.47. The summed E-state index contributed by atoms with van der Waals surface area (Å²) in [6.07, 6.45) is 1.47. The van der Waals surface area contributed by atoms with Gasteiger partial charge in [0.05, 0.1) is 25.3 Å². The van der Waals surface area contributed by atoms with Crippen molar-refractivity contribution in [2.45, 2.75) is 45.7 Å². The van der Waals surface area contributed by atoms with Crippen LogP contribution in [0, 0.1) is 5.41 Å². The van der Waals surface area contributed by atoms with Gasteiger partial charge in [0.1, 0.15) is 5.75 Å². The zero-order chi connectivity index (χ0) is 16.2. The van der Waals surface area contributed by atoms with Crippen molar-refractivity contribution in [2.75, 3.05) is 13.2 Å². The Hall–Kier alpha value is -1.75. The zero-order valence-electron chi connectivity index (χ0n) is 13.6. The molecule has 2 unspecified atom stereocenters. The monoisotopic (exact) mass is 306 g/mol. The van der Waals surface area contributed by atoms with Gasteiger partial charge in [0, 0.05) is 12.0 Å². The van der Waals surface area contributed by atoms with E-state index in [0.717, 1.165) is 24.2 Å². The number of ether oxygens (including phenoxy) is 1. The van der Waals surface area contributed by atoms with E-state index in [4.69, 9.17) is 4.74 Å². The normalized spacial score (nSPS) is 18.8. The van der Waals surface area contributed by atoms with E-state index < -0.39 is 0 Å². The largest absolute Gasteiger partial charge is 0.493 e. The van der Waals surface area contributed by atoms with E-state index in [-0.39, 0.29) is 30.1 Å². The van der Waals surface area contributed by atoms with Gasteiger partial charge in [0.25, 0.3) is 0 Å². The van der Waals surface area contributed by atoms with E-state index in [9.17, 15) is 9.90 Å². The highest BCUT2D eigenvalue weighted by Gasteiger charge is 2.24. The summed E-state index contributed by atoms with van der Waals surface area (Å²) < 4.78 is 5.59. The molecule has 2 amide bonds. The van der Waals surface area contributed by atoms with Gasteiger partial charge in [-0.1, -0.05) is 39.0 Å². The smallest absolute Gasteiger partial charge is 0.315 e. The fourth-order valence-corrected chi connectivity index (χ4v) is 2.78. The van der Waals surface area contributed by atoms with Crippen molar-refractivity contribution in [3.8, 4) is 5.75 Å². The number of rotatable bonds is 4. The number of hydrogen-bond acceptors (Lipinski definition) is 3. The SMILES string of the molecule is CC(C)(C)CC(CO)NC(=O)NC1CCOc2ccccc21. The number of benzene rings is 1. The molecule has 0 fully saturated rings. The van der Waals surface area contributed by atoms with Gasteiger partial charge in [-0.25, -0.2) is 4.79 Å². The Bertz CT molecular complexity index is 511. The molecule has 0 bridgehead atoms. The molecule has 1 aliphatic heterocycles. The Morgan fingerprint density at radius 1 is 1.41 bits per heavy atom. The first kappa shape index (κ1) is 16.6. The highest BCUT2D eigenvalue weighted by molar-refractivity contribution is 5.75. The lowest BCUT2D eigenvalue weighted by atomic mass is 9.88. The number of para-hydroxylation sites is 1. The van der Waals surface area contributed by atoms with Crippen LogP contribution < -0.4 is 15.4 Å². The summed E-state index contributed by atoms with van der Waals surface area (Å²) in [6.45, 7) is 6.79. The molecule has 2 rings (SSSR count). The van der Waals surface area contributed by atoms with Crippen molar-refractivity contribution in [3.63, 3.8) is 0 Å². The van der Waals surface area contributed by atoms with E-state index in [1.54, 1.807) is 0 Å². The van der Waals surface area contributed by atoms with Gasteiger partial charge in [-0.15, -0.1) is 0 Å². The topological polar surface area (TPSA) is 70.6 Å². The average Bonchev–Trinajstić information content (AvgIpc) is 2.45. The molecule has 122 valence electrons. The summed E-state index contributed by atoms with van der Waals surface area (Å²) in [5, 5.41) is 15.3. The molecule has 1 aliphatic rings. The van der Waals surface area contributed by atoms with Crippen molar-refractivity contribution < 1.29 is 14.6 Å². The minimum atomic E-state index is -0.245. The van der Waals surface area contributed by atoms with Crippen LogP contribution in [0.2, 0.25) is 0 Å². The minimum absolute atomic E-state index is 0.0476. The zero-order valence-corrected chi connectivity index (χ0v) is 13.6. The van der Waals surface area contributed by atoms with E-state index >= 15 is 0 Å². The number of amides is 2. The quantitative estimate of drug-likeness (QED) is 0.801. The first-order valence-corrected chi connectivity index (χ1v) is 7.78. The van der Waals surface area contributed by atoms with E-state index in [0.29, 0.717) is 6.61 Å². The van der Waals surface area contributed by atoms with Crippen LogP contribution in [0.5, 0.6) is 5.75 Å². The van der Waals surface area contributed by atoms with Gasteiger partial charge in [0.2, 0.25) is 0 Å². The van der Waals surface area contributed by atoms with Crippen LogP contribution in [0.1, 0.15) is 45.2 Å². The Balaban J connectivity index is 1.95. The van der Waals surface area contributed by atoms with Crippen LogP contribution >= 0.6 is 0 Å². The van der Waals surface area contributed by atoms with Gasteiger partial charge in [-0.3, -0.25) is 0 Å². The molecular weight excluding hydrogens is 280 g/mol. The maximum atomic E-state index is 12.2. The minimum Gasteiger partial charge on any atom is -0.493 e. The van der Waals surface area contributed by atoms with Crippen molar-refractivity contribution in [2.24, 2.45) is 5.41 Å². The first-order valence-electron chi connectivity index (χ1n) is 7.78. The fraction of sp³-hybridized carbons (Fsp3) is 0.588. The number of aliphatic hydroxyl groups is 1. The van der Waals surface area contributed by atoms with Crippen LogP contribution in [0.25, 0.3) is 0 Å². The molecule has 1 aromatic rings. The summed E-state index contributed by atoms with van der Waals surface area (Å²) >= 11 is 0. The number of carbonyl (C=O) groups is 1. The van der Waals surface area contributed by atoms with Crippen LogP contribution in [0.3, 0.4) is 0 Å². The van der Waals surface area contributed by atoms with Gasteiger partial charge < -0.3 is 20.5 Å². The van der Waals surface area contributed by atoms with Crippen molar-refractivity contribution in [1.29, 1.82) is 0 Å². The average molecular weight is 306 g/mol. The molecule has 2 atom stereocenters. The molecule has 5 heteroatoms. The van der Waals surface area contributed by atoms with Crippen LogP contribution in [-0.4, -0.2) is 30.4 Å². The molecule has 0 saturated heterocycles. The maximum Gasteiger partial charge on any atom is 0.315 e. The fourth-order valence-electron chi connectivity index (χ4n) is 2.78. The van der Waals surface area contributed by atoms with Gasteiger partial charge in [-0.2, -0.15) is 0 Å². The number of urea groups is 1. The molecule has 0 spiro atoms. The van der Waals surface area contributed by atoms with Crippen LogP contribution in [-0.2, 0) is 0 Å². The maximum absolute atomic E-state index is 12.2. The predicted octanol–water partition coefficient (Wildman–Crippen LogP) is 2.61. The molecule has 22 heavy (non-hydrogen) atoms. The molecule has 0 saturated carbocycles. The summed E-state index contributed by atoms with van der Waals surface area (Å²) in [4.78, 5) is 12.2. The lowest BCUT2D eigenvalue weighted by molar-refractivity contribution is 0.186. The van der Waals surface area contributed by atoms with Crippen molar-refractivity contribution in [3.05, 3.63) is 29.8 Å². The molecule has 1 heterocycles. The van der Waals surface area contributed by atoms with Gasteiger partial charge in [0.15, 0.2) is 0 Å². The number of aliphatic hydroxyl groups excluding tert-OH is 1. The third-order valence-electron chi connectivity index (χ3n) is 3.68. The van der Waals surface area contributed by atoms with Crippen LogP contribution in [0.15, 0.2) is 24.3 Å². The number of hydrogen-bond donors (Lipinski definition) is 3. The van der Waals surface area contributed by atoms with E-state index in [1.165, 1.54) is 0 Å². The van der Waals surface area contributed by atoms with Crippen molar-refractivity contribution in [1.82, 2.24) is 10.6 Å². The second-order valence-electron chi connectivity index (χ2n) is 6.99. The number of fused-ring (bicyclic) bond motifs is 1. The van der Waals surface area contributed by atoms with Gasteiger partial charge >= 0.3 is 6.03 Å². The molecule has 0 radical (unpaired) electrons. The third-order valence-corrected chi connectivity index (χ3v) is 3.68. The Kier molecular flexibility index (Phi) is 5.29. The molecule has 0 aromatic heterocycles. The second kappa shape index (κ2) is 7.01. The summed E-state index contributed by atoms with van der Waals surface area (Å²) in [5.41, 5.74) is 1.05. The van der Waals surface area contributed by atoms with E-state index in [2.05, 4.69) is 31.4 Å². The van der Waals surface area contributed by atoms with Crippen molar-refractivity contribution >= 4 is 6.03 Å². The number of carbonyl (C=O) groups excluding carboxylic acids is 1. The van der Waals surface area contributed by atoms with E-state index in [1.807, 2.05) is 24.3 Å². The molecule has 3 N–H and O–H groups in total. The lowest BCUT2D eigenvalue weighted by Gasteiger charge is -2.29. The Morgan fingerprint density at radius 2 is 2.14 bits per heavy atom. The summed E-state index contributed by atoms with van der Waals surface area (Å²) in [6, 6.07) is 7.21. The highest BCUT2D eigenvalue weighted by Crippen LogP contribution is 2.31. The number of nitrogens with one attached hydrogen (secondary N) is 2. The standard InChI is InChI=1S/C17H26N2O3/c1-17(2,3)10-12(11-20)18-16(21)19-14-8-9-22-15-7-5-4-6-13(14)15/h4-7,12,14,20H,8-11H2,1-3H3,(H2,18,19,21). The Labute approximate surface area is 132 Å². The van der Waals surface area contributed by atoms with Gasteiger partial charge in [-0.05, 0) is 17.9 Å². The van der Waals surface area contributed by atoms with Crippen LogP contribution in [0.4, 0.5) is 4.79 Å². The molecule has 0 aliphatic carbocycles. The molecule has 1 aromatic carbocycles. The predicted molar refractivity (Wildman–Crippen MR) is 85.9 cm³/mol. The molecular formula is C17H26N2O3. The summed E-state index contributed by atoms with van der Waals surface area (Å²) in [7, 11) is 0. The highest BCUT2D eigenvalue weighted by atomic mass is 16.5. The molecule has 5 nitrogen and oxygen atoms in total.